The molecule has 1 amide bonds. The Hall–Kier alpha value is -4.09. The summed E-state index contributed by atoms with van der Waals surface area (Å²) in [4.78, 5) is 33.3. The number of aliphatic hydroxyl groups is 1. The van der Waals surface area contributed by atoms with Crippen molar-refractivity contribution in [3.63, 3.8) is 0 Å². The van der Waals surface area contributed by atoms with Crippen molar-refractivity contribution < 1.29 is 29.3 Å². The Kier molecular flexibility index (Phi) is 9.75. The third-order valence-electron chi connectivity index (χ3n) is 7.37. The molecule has 1 fully saturated rings. The van der Waals surface area contributed by atoms with E-state index in [1.165, 1.54) is 17.3 Å². The van der Waals surface area contributed by atoms with Crippen LogP contribution in [0.25, 0.3) is 16.7 Å². The summed E-state index contributed by atoms with van der Waals surface area (Å²) in [6, 6.07) is 14.1. The number of carbonyl (C=O) groups is 2. The maximum atomic E-state index is 13.6. The molecule has 5 rings (SSSR count). The number of fused-ring (bicyclic) bond motifs is 1. The van der Waals surface area contributed by atoms with Crippen LogP contribution in [0.2, 0.25) is 10.0 Å². The molecule has 1 saturated heterocycles. The van der Waals surface area contributed by atoms with Crippen LogP contribution in [0.4, 0.5) is 5.69 Å². The first-order chi connectivity index (χ1) is 21.2. The van der Waals surface area contributed by atoms with Crippen LogP contribution in [0.1, 0.15) is 38.8 Å². The van der Waals surface area contributed by atoms with Crippen LogP contribution in [0, 0.1) is 0 Å². The molecule has 3 aromatic rings. The highest BCUT2D eigenvalue weighted by Gasteiger charge is 2.29. The van der Waals surface area contributed by atoms with Crippen molar-refractivity contribution in [1.82, 2.24) is 4.90 Å². The molecule has 10 nitrogen and oxygen atoms in total. The maximum Gasteiger partial charge on any atom is 0.337 e. The van der Waals surface area contributed by atoms with E-state index in [9.17, 15) is 19.8 Å². The summed E-state index contributed by atoms with van der Waals surface area (Å²) in [5.74, 6) is -0.776. The Bertz CT molecular complexity index is 1610. The van der Waals surface area contributed by atoms with Crippen molar-refractivity contribution in [2.75, 3.05) is 44.5 Å². The summed E-state index contributed by atoms with van der Waals surface area (Å²) >= 11 is 13.1. The largest absolute Gasteiger partial charge is 0.478 e. The number of aromatic carboxylic acids is 1. The highest BCUT2D eigenvalue weighted by Crippen LogP contribution is 2.39. The predicted octanol–water partition coefficient (Wildman–Crippen LogP) is 4.94. The molecular weight excluding hydrogens is 607 g/mol. The average Bonchev–Trinajstić information content (AvgIpc) is 3.02. The molecule has 0 saturated carbocycles. The lowest BCUT2D eigenvalue weighted by Crippen LogP contribution is -2.37. The molecule has 0 spiro atoms. The lowest BCUT2D eigenvalue weighted by Gasteiger charge is -2.32. The van der Waals surface area contributed by atoms with Crippen LogP contribution in [0.5, 0.6) is 5.75 Å². The predicted molar refractivity (Wildman–Crippen MR) is 171 cm³/mol. The van der Waals surface area contributed by atoms with Gasteiger partial charge in [-0.3, -0.25) is 9.79 Å². The average molecular weight is 640 g/mol. The summed E-state index contributed by atoms with van der Waals surface area (Å²) in [7, 11) is 0. The quantitative estimate of drug-likeness (QED) is 0.295. The van der Waals surface area contributed by atoms with Crippen molar-refractivity contribution in [2.45, 2.75) is 19.6 Å². The fourth-order valence-corrected chi connectivity index (χ4v) is 5.85. The number of rotatable bonds is 8. The monoisotopic (exact) mass is 638 g/mol. The van der Waals surface area contributed by atoms with E-state index in [4.69, 9.17) is 38.4 Å². The standard InChI is InChI=1S/C32H32Cl2N4O6/c1-19(39)15-36-16-23(14-35)22-11-26(33)29(27(34)12-22)31(40)38-17-21-3-2-4-24(30(21)44-18-38)20-5-6-25(32(41)42)28(13-20)37-7-9-43-10-8-37/h2-6,11-14,16,19,39H,7-10,15,17-18,35H2,1H3,(H,41,42). The minimum Gasteiger partial charge on any atom is -0.478 e. The lowest BCUT2D eigenvalue weighted by atomic mass is 9.97. The first kappa shape index (κ1) is 31.3. The normalized spacial score (nSPS) is 16.0. The van der Waals surface area contributed by atoms with Crippen LogP contribution >= 0.6 is 23.2 Å². The number of anilines is 1. The van der Waals surface area contributed by atoms with Gasteiger partial charge in [0.1, 0.15) is 5.75 Å². The Labute approximate surface area is 264 Å². The van der Waals surface area contributed by atoms with Crippen LogP contribution in [-0.4, -0.2) is 78.9 Å². The van der Waals surface area contributed by atoms with Crippen molar-refractivity contribution in [2.24, 2.45) is 10.7 Å². The molecule has 44 heavy (non-hydrogen) atoms. The number of amides is 1. The number of allylic oxidation sites excluding steroid dienone is 1. The first-order valence-electron chi connectivity index (χ1n) is 14.0. The van der Waals surface area contributed by atoms with Crippen molar-refractivity contribution in [1.29, 1.82) is 0 Å². The number of ether oxygens (including phenoxy) is 2. The molecule has 1 unspecified atom stereocenters. The number of hydrogen-bond donors (Lipinski definition) is 3. The summed E-state index contributed by atoms with van der Waals surface area (Å²) in [6.45, 7) is 4.28. The fraction of sp³-hybridized carbons (Fsp3) is 0.281. The number of para-hydroxylation sites is 1. The van der Waals surface area contributed by atoms with Gasteiger partial charge in [-0.15, -0.1) is 0 Å². The second kappa shape index (κ2) is 13.7. The van der Waals surface area contributed by atoms with Gasteiger partial charge in [-0.2, -0.15) is 0 Å². The van der Waals surface area contributed by atoms with Gasteiger partial charge in [-0.1, -0.05) is 47.5 Å². The van der Waals surface area contributed by atoms with Crippen molar-refractivity contribution >= 4 is 52.6 Å². The Morgan fingerprint density at radius 3 is 2.50 bits per heavy atom. The van der Waals surface area contributed by atoms with E-state index in [1.54, 1.807) is 31.2 Å². The SMILES string of the molecule is CC(O)CN=CC(=CN)c1cc(Cl)c(C(=O)N2COc3c(cccc3-c3ccc(C(=O)O)c(N4CCOCC4)c3)C2)c(Cl)c1. The molecule has 0 radical (unpaired) electrons. The lowest BCUT2D eigenvalue weighted by molar-refractivity contribution is 0.0516. The maximum absolute atomic E-state index is 13.6. The zero-order chi connectivity index (χ0) is 31.4. The van der Waals surface area contributed by atoms with Gasteiger partial charge < -0.3 is 35.2 Å². The highest BCUT2D eigenvalue weighted by atomic mass is 35.5. The number of nitrogens with zero attached hydrogens (tertiary/aromatic N) is 3. The van der Waals surface area contributed by atoms with E-state index < -0.39 is 18.0 Å². The molecule has 230 valence electrons. The van der Waals surface area contributed by atoms with Crippen LogP contribution < -0.4 is 15.4 Å². The number of benzene rings is 3. The Morgan fingerprint density at radius 2 is 1.84 bits per heavy atom. The summed E-state index contributed by atoms with van der Waals surface area (Å²) in [5.41, 5.74) is 10.2. The second-order valence-corrected chi connectivity index (χ2v) is 11.3. The Morgan fingerprint density at radius 1 is 1.11 bits per heavy atom. The Balaban J connectivity index is 1.40. The second-order valence-electron chi connectivity index (χ2n) is 10.5. The number of carbonyl (C=O) groups excluding carboxylic acids is 1. The van der Waals surface area contributed by atoms with E-state index in [-0.39, 0.29) is 41.0 Å². The smallest absolute Gasteiger partial charge is 0.337 e. The highest BCUT2D eigenvalue weighted by molar-refractivity contribution is 6.40. The first-order valence-corrected chi connectivity index (χ1v) is 14.8. The van der Waals surface area contributed by atoms with Crippen LogP contribution in [-0.2, 0) is 11.3 Å². The molecule has 2 heterocycles. The molecule has 2 aliphatic heterocycles. The number of carboxylic acid groups (broad SMARTS) is 1. The van der Waals surface area contributed by atoms with E-state index >= 15 is 0 Å². The molecule has 0 aromatic heterocycles. The number of carboxylic acids is 1. The summed E-state index contributed by atoms with van der Waals surface area (Å²) in [5, 5.41) is 19.6. The van der Waals surface area contributed by atoms with Gasteiger partial charge in [-0.25, -0.2) is 4.79 Å². The van der Waals surface area contributed by atoms with Crippen LogP contribution in [0.15, 0.2) is 59.7 Å². The summed E-state index contributed by atoms with van der Waals surface area (Å²) in [6.07, 6.45) is 2.26. The number of morpholine rings is 1. The molecule has 0 bridgehead atoms. The minimum absolute atomic E-state index is 0.0409. The van der Waals surface area contributed by atoms with E-state index in [2.05, 4.69) is 4.99 Å². The van der Waals surface area contributed by atoms with Gasteiger partial charge >= 0.3 is 5.97 Å². The van der Waals surface area contributed by atoms with Crippen molar-refractivity contribution in [3.8, 4) is 16.9 Å². The number of nitrogens with two attached hydrogens (primary N) is 1. The van der Waals surface area contributed by atoms with Gasteiger partial charge in [0.05, 0.1) is 59.3 Å². The van der Waals surface area contributed by atoms with E-state index in [0.29, 0.717) is 48.9 Å². The molecule has 0 aliphatic carbocycles. The van der Waals surface area contributed by atoms with E-state index in [0.717, 1.165) is 16.7 Å². The van der Waals surface area contributed by atoms with Gasteiger partial charge in [0.25, 0.3) is 5.91 Å². The molecule has 1 atom stereocenters. The van der Waals surface area contributed by atoms with Gasteiger partial charge in [0, 0.05) is 42.2 Å². The van der Waals surface area contributed by atoms with Crippen molar-refractivity contribution in [3.05, 3.63) is 87.0 Å². The summed E-state index contributed by atoms with van der Waals surface area (Å²) < 4.78 is 11.6. The number of hydrogen-bond acceptors (Lipinski definition) is 8. The topological polar surface area (TPSA) is 138 Å². The molecule has 12 heteroatoms. The fourth-order valence-electron chi connectivity index (χ4n) is 5.20. The molecular formula is C32H32Cl2N4O6. The minimum atomic E-state index is -0.997. The number of halogens is 2. The number of aliphatic imine (C=N–C) groups is 1. The van der Waals surface area contributed by atoms with Gasteiger partial charge in [0.2, 0.25) is 0 Å². The zero-order valence-corrected chi connectivity index (χ0v) is 25.5. The van der Waals surface area contributed by atoms with E-state index in [1.807, 2.05) is 29.2 Å². The third kappa shape index (κ3) is 6.68. The number of aliphatic hydroxyl groups excluding tert-OH is 1. The van der Waals surface area contributed by atoms with Gasteiger partial charge in [-0.05, 0) is 42.3 Å². The molecule has 2 aliphatic rings. The molecule has 3 aromatic carbocycles. The zero-order valence-electron chi connectivity index (χ0n) is 24.0. The van der Waals surface area contributed by atoms with Gasteiger partial charge in [0.15, 0.2) is 6.73 Å². The third-order valence-corrected chi connectivity index (χ3v) is 7.97. The van der Waals surface area contributed by atoms with Crippen LogP contribution in [0.3, 0.4) is 0 Å². The molecule has 4 N–H and O–H groups in total.